The van der Waals surface area contributed by atoms with Crippen molar-refractivity contribution in [3.05, 3.63) is 0 Å². The van der Waals surface area contributed by atoms with Gasteiger partial charge in [0.2, 0.25) is 0 Å². The molecule has 1 saturated heterocycles. The maximum Gasteiger partial charge on any atom is 0.308 e. The number of fused-ring (bicyclic) bond motifs is 2. The quantitative estimate of drug-likeness (QED) is 0.608. The summed E-state index contributed by atoms with van der Waals surface area (Å²) in [6, 6.07) is 0. The molecule has 0 amide bonds. The molecule has 3 nitrogen and oxygen atoms in total. The molecule has 3 heteroatoms. The normalized spacial score (nSPS) is 37.0. The molecule has 3 unspecified atom stereocenters. The van der Waals surface area contributed by atoms with Crippen molar-refractivity contribution in [3.63, 3.8) is 0 Å². The second kappa shape index (κ2) is 3.29. The van der Waals surface area contributed by atoms with Crippen LogP contribution in [-0.2, 0) is 14.3 Å². The summed E-state index contributed by atoms with van der Waals surface area (Å²) in [5.74, 6) is 0.509. The van der Waals surface area contributed by atoms with Crippen LogP contribution >= 0.6 is 0 Å². The minimum atomic E-state index is -0.0962. The van der Waals surface area contributed by atoms with Crippen molar-refractivity contribution in [2.75, 3.05) is 6.61 Å². The molecule has 0 aromatic rings. The summed E-state index contributed by atoms with van der Waals surface area (Å²) in [5.41, 5.74) is 0. The first-order chi connectivity index (χ1) is 6.16. The van der Waals surface area contributed by atoms with Gasteiger partial charge in [0.15, 0.2) is 0 Å². The first-order valence-electron chi connectivity index (χ1n) is 4.99. The Kier molecular flexibility index (Phi) is 2.28. The van der Waals surface area contributed by atoms with E-state index in [2.05, 4.69) is 0 Å². The van der Waals surface area contributed by atoms with E-state index >= 15 is 0 Å². The zero-order valence-electron chi connectivity index (χ0n) is 8.16. The Morgan fingerprint density at radius 3 is 2.69 bits per heavy atom. The van der Waals surface area contributed by atoms with Gasteiger partial charge in [0.1, 0.15) is 6.10 Å². The molecule has 3 atom stereocenters. The Labute approximate surface area is 78.4 Å². The Bertz CT molecular complexity index is 212. The molecule has 0 N–H and O–H groups in total. The van der Waals surface area contributed by atoms with Crippen LogP contribution in [0.25, 0.3) is 0 Å². The lowest BCUT2D eigenvalue weighted by Gasteiger charge is -2.23. The van der Waals surface area contributed by atoms with Gasteiger partial charge in [-0.15, -0.1) is 0 Å². The van der Waals surface area contributed by atoms with Crippen molar-refractivity contribution in [3.8, 4) is 0 Å². The minimum Gasteiger partial charge on any atom is -0.459 e. The molecule has 1 saturated carbocycles. The smallest absolute Gasteiger partial charge is 0.308 e. The fourth-order valence-electron chi connectivity index (χ4n) is 2.04. The van der Waals surface area contributed by atoms with Crippen molar-refractivity contribution in [1.82, 2.24) is 0 Å². The Morgan fingerprint density at radius 2 is 2.23 bits per heavy atom. The van der Waals surface area contributed by atoms with E-state index in [1.165, 1.54) is 0 Å². The lowest BCUT2D eigenvalue weighted by atomic mass is 10.1. The zero-order chi connectivity index (χ0) is 9.42. The molecule has 13 heavy (non-hydrogen) atoms. The number of rotatable bonds is 2. The van der Waals surface area contributed by atoms with E-state index in [-0.39, 0.29) is 24.1 Å². The van der Waals surface area contributed by atoms with Gasteiger partial charge in [-0.3, -0.25) is 4.79 Å². The van der Waals surface area contributed by atoms with Gasteiger partial charge < -0.3 is 9.47 Å². The summed E-state index contributed by atoms with van der Waals surface area (Å²) >= 11 is 0. The summed E-state index contributed by atoms with van der Waals surface area (Å²) in [5, 5.41) is 0. The molecule has 1 aliphatic heterocycles. The SMILES string of the molecule is CC(C)C(=O)OC1CC2COC1C2. The van der Waals surface area contributed by atoms with Crippen LogP contribution in [-0.4, -0.2) is 24.8 Å². The number of carbonyl (C=O) groups excluding carboxylic acids is 1. The van der Waals surface area contributed by atoms with Gasteiger partial charge in [0, 0.05) is 0 Å². The van der Waals surface area contributed by atoms with Gasteiger partial charge in [-0.1, -0.05) is 13.8 Å². The fourth-order valence-corrected chi connectivity index (χ4v) is 2.04. The zero-order valence-corrected chi connectivity index (χ0v) is 8.16. The van der Waals surface area contributed by atoms with Gasteiger partial charge >= 0.3 is 5.97 Å². The third kappa shape index (κ3) is 1.70. The third-order valence-corrected chi connectivity index (χ3v) is 2.83. The molecular formula is C10H16O3. The predicted octanol–water partition coefficient (Wildman–Crippen LogP) is 1.36. The van der Waals surface area contributed by atoms with Crippen LogP contribution in [0.1, 0.15) is 26.7 Å². The molecule has 0 aromatic heterocycles. The van der Waals surface area contributed by atoms with Crippen molar-refractivity contribution < 1.29 is 14.3 Å². The molecule has 2 rings (SSSR count). The van der Waals surface area contributed by atoms with Gasteiger partial charge in [-0.25, -0.2) is 0 Å². The first kappa shape index (κ1) is 9.00. The molecule has 1 heterocycles. The van der Waals surface area contributed by atoms with E-state index in [1.807, 2.05) is 13.8 Å². The topological polar surface area (TPSA) is 35.5 Å². The fraction of sp³-hybridized carbons (Fsp3) is 0.900. The average Bonchev–Trinajstić information content (AvgIpc) is 2.64. The van der Waals surface area contributed by atoms with Crippen molar-refractivity contribution in [2.45, 2.75) is 38.9 Å². The van der Waals surface area contributed by atoms with Crippen LogP contribution in [0.5, 0.6) is 0 Å². The molecule has 0 radical (unpaired) electrons. The van der Waals surface area contributed by atoms with Crippen LogP contribution in [0.15, 0.2) is 0 Å². The summed E-state index contributed by atoms with van der Waals surface area (Å²) < 4.78 is 10.8. The summed E-state index contributed by atoms with van der Waals surface area (Å²) in [4.78, 5) is 11.3. The first-order valence-corrected chi connectivity index (χ1v) is 4.99. The third-order valence-electron chi connectivity index (χ3n) is 2.83. The summed E-state index contributed by atoms with van der Waals surface area (Å²) in [6.45, 7) is 4.58. The number of carbonyl (C=O) groups is 1. The van der Waals surface area contributed by atoms with E-state index in [0.29, 0.717) is 5.92 Å². The minimum absolute atomic E-state index is 0.0286. The van der Waals surface area contributed by atoms with Gasteiger partial charge in [0.05, 0.1) is 18.6 Å². The summed E-state index contributed by atoms with van der Waals surface area (Å²) in [7, 11) is 0. The highest BCUT2D eigenvalue weighted by molar-refractivity contribution is 5.71. The van der Waals surface area contributed by atoms with Crippen LogP contribution in [0, 0.1) is 11.8 Å². The van der Waals surface area contributed by atoms with Crippen LogP contribution < -0.4 is 0 Å². The molecule has 2 bridgehead atoms. The highest BCUT2D eigenvalue weighted by atomic mass is 16.6. The van der Waals surface area contributed by atoms with Crippen molar-refractivity contribution in [1.29, 1.82) is 0 Å². The number of esters is 1. The lowest BCUT2D eigenvalue weighted by Crippen LogP contribution is -2.31. The second-order valence-electron chi connectivity index (χ2n) is 4.34. The monoisotopic (exact) mass is 184 g/mol. The largest absolute Gasteiger partial charge is 0.459 e. The Balaban J connectivity index is 1.86. The van der Waals surface area contributed by atoms with Crippen molar-refractivity contribution >= 4 is 5.97 Å². The highest BCUT2D eigenvalue weighted by Crippen LogP contribution is 2.37. The molecule has 0 aromatic carbocycles. The Morgan fingerprint density at radius 1 is 1.46 bits per heavy atom. The van der Waals surface area contributed by atoms with E-state index in [4.69, 9.17) is 9.47 Å². The second-order valence-corrected chi connectivity index (χ2v) is 4.34. The Hall–Kier alpha value is -0.570. The van der Waals surface area contributed by atoms with Crippen LogP contribution in [0.4, 0.5) is 0 Å². The number of ether oxygens (including phenoxy) is 2. The standard InChI is InChI=1S/C10H16O3/c1-6(2)10(11)13-9-4-7-3-8(9)12-5-7/h6-9H,3-5H2,1-2H3. The molecule has 0 spiro atoms. The van der Waals surface area contributed by atoms with E-state index < -0.39 is 0 Å². The molecule has 74 valence electrons. The van der Waals surface area contributed by atoms with E-state index in [0.717, 1.165) is 19.4 Å². The van der Waals surface area contributed by atoms with Crippen LogP contribution in [0.3, 0.4) is 0 Å². The maximum absolute atomic E-state index is 11.3. The summed E-state index contributed by atoms with van der Waals surface area (Å²) in [6.07, 6.45) is 2.31. The maximum atomic E-state index is 11.3. The van der Waals surface area contributed by atoms with Gasteiger partial charge in [-0.05, 0) is 18.8 Å². The van der Waals surface area contributed by atoms with E-state index in [9.17, 15) is 4.79 Å². The average molecular weight is 184 g/mol. The molecule has 2 aliphatic rings. The molecule has 1 aliphatic carbocycles. The molecular weight excluding hydrogens is 168 g/mol. The number of hydrogen-bond acceptors (Lipinski definition) is 3. The van der Waals surface area contributed by atoms with Gasteiger partial charge in [0.25, 0.3) is 0 Å². The van der Waals surface area contributed by atoms with Crippen LogP contribution in [0.2, 0.25) is 0 Å². The highest BCUT2D eigenvalue weighted by Gasteiger charge is 2.43. The predicted molar refractivity (Wildman–Crippen MR) is 47.2 cm³/mol. The van der Waals surface area contributed by atoms with E-state index in [1.54, 1.807) is 0 Å². The van der Waals surface area contributed by atoms with Crippen molar-refractivity contribution in [2.24, 2.45) is 11.8 Å². The lowest BCUT2D eigenvalue weighted by molar-refractivity contribution is -0.160. The van der Waals surface area contributed by atoms with Gasteiger partial charge in [-0.2, -0.15) is 0 Å². The molecule has 2 fully saturated rings. The number of hydrogen-bond donors (Lipinski definition) is 0.